The third kappa shape index (κ3) is 4.79. The molecule has 6 nitrogen and oxygen atoms in total. The van der Waals surface area contributed by atoms with Crippen LogP contribution in [-0.2, 0) is 16.6 Å². The molecule has 1 heterocycles. The lowest BCUT2D eigenvalue weighted by Gasteiger charge is -2.26. The van der Waals surface area contributed by atoms with Crippen LogP contribution in [0.15, 0.2) is 83.8 Å². The van der Waals surface area contributed by atoms with Crippen LogP contribution < -0.4 is 4.74 Å². The number of carbonyl (C=O) groups is 1. The van der Waals surface area contributed by atoms with Gasteiger partial charge in [-0.1, -0.05) is 60.7 Å². The van der Waals surface area contributed by atoms with Gasteiger partial charge in [0.2, 0.25) is 10.0 Å². The molecule has 172 valence electrons. The van der Waals surface area contributed by atoms with E-state index in [0.717, 1.165) is 24.0 Å². The van der Waals surface area contributed by atoms with Crippen molar-refractivity contribution in [2.75, 3.05) is 20.7 Å². The zero-order chi connectivity index (χ0) is 23.4. The minimum absolute atomic E-state index is 0.00950. The molecule has 1 aliphatic rings. The number of carbonyl (C=O) groups excluding carboxylic acids is 1. The van der Waals surface area contributed by atoms with Crippen molar-refractivity contribution in [1.29, 1.82) is 0 Å². The summed E-state index contributed by atoms with van der Waals surface area (Å²) < 4.78 is 33.5. The number of hydrogen-bond acceptors (Lipinski definition) is 4. The fourth-order valence-corrected chi connectivity index (χ4v) is 5.64. The maximum atomic E-state index is 13.4. The van der Waals surface area contributed by atoms with E-state index in [2.05, 4.69) is 0 Å². The second-order valence-electron chi connectivity index (χ2n) is 8.18. The van der Waals surface area contributed by atoms with E-state index in [1.807, 2.05) is 65.6 Å². The first-order valence-corrected chi connectivity index (χ1v) is 12.4. The van der Waals surface area contributed by atoms with Crippen LogP contribution in [0.2, 0.25) is 0 Å². The predicted octanol–water partition coefficient (Wildman–Crippen LogP) is 4.49. The molecule has 4 rings (SSSR count). The van der Waals surface area contributed by atoms with Crippen molar-refractivity contribution in [2.24, 2.45) is 0 Å². The number of methoxy groups -OCH3 is 1. The monoisotopic (exact) mass is 464 g/mol. The highest BCUT2D eigenvalue weighted by Crippen LogP contribution is 2.34. The van der Waals surface area contributed by atoms with Crippen LogP contribution >= 0.6 is 0 Å². The Balaban J connectivity index is 1.64. The standard InChI is InChI=1S/C26H28N2O4S/c1-27(19-20-10-5-3-6-11-20)33(30,31)25-18-22(15-16-24(25)32-2)26(29)28-17-9-14-23(28)21-12-7-4-8-13-21/h3-8,10-13,15-16,18,23H,9,14,17,19H2,1-2H3. The fraction of sp³-hybridized carbons (Fsp3) is 0.269. The highest BCUT2D eigenvalue weighted by Gasteiger charge is 2.32. The quantitative estimate of drug-likeness (QED) is 0.517. The van der Waals surface area contributed by atoms with Crippen LogP contribution in [0.5, 0.6) is 5.75 Å². The summed E-state index contributed by atoms with van der Waals surface area (Å²) in [5, 5.41) is 0. The van der Waals surface area contributed by atoms with Crippen LogP contribution in [0, 0.1) is 0 Å². The van der Waals surface area contributed by atoms with Crippen molar-refractivity contribution >= 4 is 15.9 Å². The molecule has 1 saturated heterocycles. The van der Waals surface area contributed by atoms with Crippen molar-refractivity contribution in [3.8, 4) is 5.75 Å². The van der Waals surface area contributed by atoms with Gasteiger partial charge < -0.3 is 9.64 Å². The van der Waals surface area contributed by atoms with Crippen LogP contribution in [0.1, 0.15) is 40.4 Å². The largest absolute Gasteiger partial charge is 0.495 e. The number of ether oxygens (including phenoxy) is 1. The summed E-state index contributed by atoms with van der Waals surface area (Å²) in [6.07, 6.45) is 1.79. The molecule has 1 atom stereocenters. The maximum absolute atomic E-state index is 13.4. The first kappa shape index (κ1) is 23.0. The zero-order valence-corrected chi connectivity index (χ0v) is 19.7. The van der Waals surface area contributed by atoms with Crippen LogP contribution in [-0.4, -0.2) is 44.2 Å². The van der Waals surface area contributed by atoms with Crippen LogP contribution in [0.3, 0.4) is 0 Å². The van der Waals surface area contributed by atoms with E-state index in [-0.39, 0.29) is 29.1 Å². The van der Waals surface area contributed by atoms with Gasteiger partial charge in [0.15, 0.2) is 0 Å². The third-order valence-corrected chi connectivity index (χ3v) is 7.87. The second-order valence-corrected chi connectivity index (χ2v) is 10.2. The Labute approximate surface area is 195 Å². The Morgan fingerprint density at radius 3 is 2.36 bits per heavy atom. The van der Waals surface area contributed by atoms with E-state index < -0.39 is 10.0 Å². The van der Waals surface area contributed by atoms with Crippen LogP contribution in [0.4, 0.5) is 0 Å². The van der Waals surface area contributed by atoms with Gasteiger partial charge in [0.25, 0.3) is 5.91 Å². The van der Waals surface area contributed by atoms with Crippen molar-refractivity contribution in [3.05, 3.63) is 95.6 Å². The maximum Gasteiger partial charge on any atom is 0.254 e. The zero-order valence-electron chi connectivity index (χ0n) is 18.8. The third-order valence-electron chi connectivity index (χ3n) is 6.04. The highest BCUT2D eigenvalue weighted by atomic mass is 32.2. The summed E-state index contributed by atoms with van der Waals surface area (Å²) in [5.74, 6) is 0.0404. The lowest BCUT2D eigenvalue weighted by Crippen LogP contribution is -2.31. The van der Waals surface area contributed by atoms with E-state index in [4.69, 9.17) is 4.74 Å². The Kier molecular flexibility index (Phi) is 6.81. The van der Waals surface area contributed by atoms with Crippen molar-refractivity contribution in [3.63, 3.8) is 0 Å². The molecule has 1 amide bonds. The Bertz CT molecular complexity index is 1210. The first-order chi connectivity index (χ1) is 15.9. The number of likely N-dealkylation sites (tertiary alicyclic amines) is 1. The van der Waals surface area contributed by atoms with Gasteiger partial charge in [0.1, 0.15) is 10.6 Å². The summed E-state index contributed by atoms with van der Waals surface area (Å²) in [5.41, 5.74) is 2.30. The predicted molar refractivity (Wildman–Crippen MR) is 128 cm³/mol. The van der Waals surface area contributed by atoms with Crippen molar-refractivity contribution in [2.45, 2.75) is 30.3 Å². The molecule has 0 radical (unpaired) electrons. The minimum atomic E-state index is -3.89. The Morgan fingerprint density at radius 2 is 1.70 bits per heavy atom. The summed E-state index contributed by atoms with van der Waals surface area (Å²) in [7, 11) is -0.928. The second kappa shape index (κ2) is 9.77. The van der Waals surface area contributed by atoms with E-state index in [1.165, 1.54) is 24.5 Å². The van der Waals surface area contributed by atoms with Gasteiger partial charge in [-0.15, -0.1) is 0 Å². The normalized spacial score (nSPS) is 16.2. The van der Waals surface area contributed by atoms with Crippen LogP contribution in [0.25, 0.3) is 0 Å². The molecule has 3 aromatic rings. The number of benzene rings is 3. The highest BCUT2D eigenvalue weighted by molar-refractivity contribution is 7.89. The van der Waals surface area contributed by atoms with Gasteiger partial charge in [-0.2, -0.15) is 4.31 Å². The van der Waals surface area contributed by atoms with Gasteiger partial charge in [-0.25, -0.2) is 8.42 Å². The van der Waals surface area contributed by atoms with Gasteiger partial charge in [0, 0.05) is 25.7 Å². The molecule has 0 N–H and O–H groups in total. The SMILES string of the molecule is COc1ccc(C(=O)N2CCCC2c2ccccc2)cc1S(=O)(=O)N(C)Cc1ccccc1. The lowest BCUT2D eigenvalue weighted by atomic mass is 10.0. The van der Waals surface area contributed by atoms with E-state index in [1.54, 1.807) is 12.1 Å². The number of nitrogens with zero attached hydrogens (tertiary/aromatic N) is 2. The van der Waals surface area contributed by atoms with Gasteiger partial charge in [0.05, 0.1) is 13.2 Å². The molecule has 1 aliphatic heterocycles. The number of amides is 1. The van der Waals surface area contributed by atoms with E-state index in [9.17, 15) is 13.2 Å². The number of rotatable bonds is 7. The Hall–Kier alpha value is -3.16. The molecular weight excluding hydrogens is 436 g/mol. The minimum Gasteiger partial charge on any atom is -0.495 e. The van der Waals surface area contributed by atoms with Gasteiger partial charge in [-0.3, -0.25) is 4.79 Å². The fourth-order valence-electron chi connectivity index (χ4n) is 4.30. The van der Waals surface area contributed by atoms with Gasteiger partial charge in [-0.05, 0) is 42.2 Å². The molecule has 33 heavy (non-hydrogen) atoms. The summed E-state index contributed by atoms with van der Waals surface area (Å²) in [4.78, 5) is 15.3. The molecule has 0 saturated carbocycles. The average molecular weight is 465 g/mol. The summed E-state index contributed by atoms with van der Waals surface area (Å²) >= 11 is 0. The molecule has 0 bridgehead atoms. The molecule has 0 spiro atoms. The smallest absolute Gasteiger partial charge is 0.254 e. The first-order valence-electron chi connectivity index (χ1n) is 11.0. The van der Waals surface area contributed by atoms with Crippen molar-refractivity contribution < 1.29 is 17.9 Å². The van der Waals surface area contributed by atoms with Gasteiger partial charge >= 0.3 is 0 Å². The summed E-state index contributed by atoms with van der Waals surface area (Å²) in [6.45, 7) is 0.854. The molecule has 0 aliphatic carbocycles. The number of hydrogen-bond donors (Lipinski definition) is 0. The average Bonchev–Trinajstić information content (AvgIpc) is 3.34. The van der Waals surface area contributed by atoms with Crippen molar-refractivity contribution in [1.82, 2.24) is 9.21 Å². The molecular formula is C26H28N2O4S. The topological polar surface area (TPSA) is 66.9 Å². The molecule has 1 fully saturated rings. The van der Waals surface area contributed by atoms with E-state index >= 15 is 0 Å². The molecule has 3 aromatic carbocycles. The lowest BCUT2D eigenvalue weighted by molar-refractivity contribution is 0.0735. The Morgan fingerprint density at radius 1 is 1.03 bits per heavy atom. The molecule has 0 aromatic heterocycles. The molecule has 1 unspecified atom stereocenters. The van der Waals surface area contributed by atoms with E-state index in [0.29, 0.717) is 12.1 Å². The summed E-state index contributed by atoms with van der Waals surface area (Å²) in [6, 6.07) is 24.0. The molecule has 7 heteroatoms. The number of sulfonamides is 1.